The Morgan fingerprint density at radius 1 is 1.13 bits per heavy atom. The summed E-state index contributed by atoms with van der Waals surface area (Å²) in [6.07, 6.45) is 2.26. The number of hydrogen-bond donors (Lipinski definition) is 0. The maximum Gasteiger partial charge on any atom is 0.283 e. The Hall–Kier alpha value is -3.75. The molecule has 0 fully saturated rings. The second-order valence-corrected chi connectivity index (χ2v) is 6.89. The molecule has 1 amide bonds. The maximum absolute atomic E-state index is 13.0. The van der Waals surface area contributed by atoms with Crippen LogP contribution in [0.15, 0.2) is 56.3 Å². The molecule has 9 heteroatoms. The van der Waals surface area contributed by atoms with Gasteiger partial charge in [-0.15, -0.1) is 10.2 Å². The quantitative estimate of drug-likeness (QED) is 0.463. The van der Waals surface area contributed by atoms with Crippen LogP contribution in [0.2, 0.25) is 0 Å². The third-order valence-electron chi connectivity index (χ3n) is 4.71. The predicted molar refractivity (Wildman–Crippen MR) is 108 cm³/mol. The predicted octanol–water partition coefficient (Wildman–Crippen LogP) is 2.79. The first kappa shape index (κ1) is 19.6. The minimum absolute atomic E-state index is 0.141. The topological polar surface area (TPSA) is 107 Å². The Kier molecular flexibility index (Phi) is 5.42. The number of fused-ring (bicyclic) bond motifs is 1. The minimum Gasteiger partial charge on any atom is -0.459 e. The molecule has 4 aromatic rings. The SMILES string of the molecule is CCCN(Cc1nnc(-c2ccco2)o1)C(=O)Cn1nc(C)c2ccccc2c1=O. The van der Waals surface area contributed by atoms with Gasteiger partial charge in [-0.1, -0.05) is 25.1 Å². The zero-order valence-corrected chi connectivity index (χ0v) is 16.7. The van der Waals surface area contributed by atoms with Crippen molar-refractivity contribution in [2.75, 3.05) is 6.54 Å². The van der Waals surface area contributed by atoms with Crippen molar-refractivity contribution in [1.29, 1.82) is 0 Å². The summed E-state index contributed by atoms with van der Waals surface area (Å²) >= 11 is 0. The molecule has 0 N–H and O–H groups in total. The van der Waals surface area contributed by atoms with Gasteiger partial charge in [0.05, 0.1) is 23.9 Å². The van der Waals surface area contributed by atoms with Crippen LogP contribution in [0.3, 0.4) is 0 Å². The zero-order chi connectivity index (χ0) is 21.1. The van der Waals surface area contributed by atoms with Crippen molar-refractivity contribution in [1.82, 2.24) is 24.9 Å². The Labute approximate surface area is 171 Å². The largest absolute Gasteiger partial charge is 0.459 e. The lowest BCUT2D eigenvalue weighted by Crippen LogP contribution is -2.37. The highest BCUT2D eigenvalue weighted by Gasteiger charge is 2.20. The third-order valence-corrected chi connectivity index (χ3v) is 4.71. The van der Waals surface area contributed by atoms with E-state index >= 15 is 0 Å². The van der Waals surface area contributed by atoms with Crippen molar-refractivity contribution in [2.45, 2.75) is 33.4 Å². The summed E-state index contributed by atoms with van der Waals surface area (Å²) < 4.78 is 12.1. The van der Waals surface area contributed by atoms with E-state index in [1.165, 1.54) is 10.9 Å². The standard InChI is InChI=1S/C21H21N5O4/c1-3-10-25(12-18-22-23-20(30-18)17-9-6-11-29-17)19(27)13-26-21(28)16-8-5-4-7-15(16)14(2)24-26/h4-9,11H,3,10,12-13H2,1-2H3. The lowest BCUT2D eigenvalue weighted by atomic mass is 10.1. The van der Waals surface area contributed by atoms with Gasteiger partial charge in [-0.3, -0.25) is 9.59 Å². The first-order valence-corrected chi connectivity index (χ1v) is 9.67. The van der Waals surface area contributed by atoms with Crippen molar-refractivity contribution in [3.8, 4) is 11.7 Å². The molecule has 4 rings (SSSR count). The summed E-state index contributed by atoms with van der Waals surface area (Å²) in [5.41, 5.74) is 0.402. The molecule has 0 radical (unpaired) electrons. The van der Waals surface area contributed by atoms with Gasteiger partial charge in [0, 0.05) is 11.9 Å². The van der Waals surface area contributed by atoms with Crippen LogP contribution < -0.4 is 5.56 Å². The second-order valence-electron chi connectivity index (χ2n) is 6.89. The van der Waals surface area contributed by atoms with E-state index in [-0.39, 0.29) is 36.3 Å². The van der Waals surface area contributed by atoms with E-state index in [9.17, 15) is 9.59 Å². The van der Waals surface area contributed by atoms with E-state index in [4.69, 9.17) is 8.83 Å². The summed E-state index contributed by atoms with van der Waals surface area (Å²) in [5, 5.41) is 13.6. The molecule has 0 atom stereocenters. The van der Waals surface area contributed by atoms with Gasteiger partial charge < -0.3 is 13.7 Å². The Morgan fingerprint density at radius 2 is 1.93 bits per heavy atom. The molecule has 0 saturated carbocycles. The number of nitrogens with zero attached hydrogens (tertiary/aromatic N) is 5. The van der Waals surface area contributed by atoms with Crippen LogP contribution in [0, 0.1) is 6.92 Å². The Balaban J connectivity index is 1.55. The van der Waals surface area contributed by atoms with Gasteiger partial charge in [0.2, 0.25) is 11.8 Å². The molecule has 0 aliphatic carbocycles. The van der Waals surface area contributed by atoms with Crippen molar-refractivity contribution in [3.05, 3.63) is 64.6 Å². The minimum atomic E-state index is -0.293. The molecule has 3 heterocycles. The lowest BCUT2D eigenvalue weighted by Gasteiger charge is -2.20. The molecule has 30 heavy (non-hydrogen) atoms. The first-order chi connectivity index (χ1) is 14.6. The number of aryl methyl sites for hydroxylation is 1. The van der Waals surface area contributed by atoms with Gasteiger partial charge in [-0.25, -0.2) is 4.68 Å². The molecular weight excluding hydrogens is 386 g/mol. The van der Waals surface area contributed by atoms with E-state index in [1.807, 2.05) is 26.0 Å². The average Bonchev–Trinajstić information content (AvgIpc) is 3.43. The van der Waals surface area contributed by atoms with Crippen LogP contribution in [0.1, 0.15) is 24.9 Å². The van der Waals surface area contributed by atoms with Crippen molar-refractivity contribution in [3.63, 3.8) is 0 Å². The highest BCUT2D eigenvalue weighted by atomic mass is 16.4. The van der Waals surface area contributed by atoms with Gasteiger partial charge in [-0.2, -0.15) is 5.10 Å². The molecule has 0 unspecified atom stereocenters. The first-order valence-electron chi connectivity index (χ1n) is 9.67. The summed E-state index contributed by atoms with van der Waals surface area (Å²) in [7, 11) is 0. The number of carbonyl (C=O) groups is 1. The van der Waals surface area contributed by atoms with Gasteiger partial charge in [-0.05, 0) is 31.5 Å². The summed E-state index contributed by atoms with van der Waals surface area (Å²) in [6.45, 7) is 4.25. The highest BCUT2D eigenvalue weighted by Crippen LogP contribution is 2.19. The van der Waals surface area contributed by atoms with Crippen LogP contribution in [-0.2, 0) is 17.9 Å². The van der Waals surface area contributed by atoms with Crippen molar-refractivity contribution in [2.24, 2.45) is 0 Å². The third kappa shape index (κ3) is 3.86. The molecule has 9 nitrogen and oxygen atoms in total. The maximum atomic E-state index is 13.0. The number of amides is 1. The van der Waals surface area contributed by atoms with Crippen LogP contribution in [0.25, 0.3) is 22.4 Å². The zero-order valence-electron chi connectivity index (χ0n) is 16.7. The number of aromatic nitrogens is 4. The van der Waals surface area contributed by atoms with E-state index in [1.54, 1.807) is 29.2 Å². The summed E-state index contributed by atoms with van der Waals surface area (Å²) in [5.74, 6) is 0.753. The average molecular weight is 407 g/mol. The van der Waals surface area contributed by atoms with Gasteiger partial charge in [0.25, 0.3) is 11.4 Å². The molecule has 0 bridgehead atoms. The van der Waals surface area contributed by atoms with Crippen molar-refractivity contribution >= 4 is 16.7 Å². The molecular formula is C21H21N5O4. The number of rotatable bonds is 7. The molecule has 154 valence electrons. The smallest absolute Gasteiger partial charge is 0.283 e. The molecule has 0 saturated heterocycles. The van der Waals surface area contributed by atoms with Crippen LogP contribution in [0.5, 0.6) is 0 Å². The van der Waals surface area contributed by atoms with Crippen molar-refractivity contribution < 1.29 is 13.6 Å². The summed E-state index contributed by atoms with van der Waals surface area (Å²) in [6, 6.07) is 10.7. The van der Waals surface area contributed by atoms with E-state index in [2.05, 4.69) is 15.3 Å². The van der Waals surface area contributed by atoms with E-state index in [0.717, 1.165) is 11.8 Å². The molecule has 1 aromatic carbocycles. The van der Waals surface area contributed by atoms with E-state index in [0.29, 0.717) is 23.4 Å². The fourth-order valence-electron chi connectivity index (χ4n) is 3.28. The highest BCUT2D eigenvalue weighted by molar-refractivity contribution is 5.83. The molecule has 0 aliphatic heterocycles. The monoisotopic (exact) mass is 407 g/mol. The second kappa shape index (κ2) is 8.32. The normalized spacial score (nSPS) is 11.1. The van der Waals surface area contributed by atoms with Gasteiger partial charge in [0.15, 0.2) is 5.76 Å². The fraction of sp³-hybridized carbons (Fsp3) is 0.286. The van der Waals surface area contributed by atoms with Crippen LogP contribution in [0.4, 0.5) is 0 Å². The van der Waals surface area contributed by atoms with E-state index < -0.39 is 0 Å². The van der Waals surface area contributed by atoms with Gasteiger partial charge >= 0.3 is 0 Å². The van der Waals surface area contributed by atoms with Crippen LogP contribution in [-0.4, -0.2) is 37.3 Å². The fourth-order valence-corrected chi connectivity index (χ4v) is 3.28. The summed E-state index contributed by atoms with van der Waals surface area (Å²) in [4.78, 5) is 27.3. The molecule has 0 aliphatic rings. The number of hydrogen-bond acceptors (Lipinski definition) is 7. The molecule has 0 spiro atoms. The Morgan fingerprint density at radius 3 is 2.67 bits per heavy atom. The molecule has 3 aromatic heterocycles. The van der Waals surface area contributed by atoms with Gasteiger partial charge in [0.1, 0.15) is 6.54 Å². The number of benzene rings is 1. The lowest BCUT2D eigenvalue weighted by molar-refractivity contribution is -0.133. The van der Waals surface area contributed by atoms with Crippen LogP contribution >= 0.6 is 0 Å². The number of furan rings is 1. The Bertz CT molecular complexity index is 1230. The number of carbonyl (C=O) groups excluding carboxylic acids is 1.